The van der Waals surface area contributed by atoms with Crippen molar-refractivity contribution in [1.82, 2.24) is 9.47 Å². The molecule has 4 rings (SSSR count). The molecule has 0 unspecified atom stereocenters. The number of ether oxygens (including phenoxy) is 1. The number of rotatable bonds is 4. The first kappa shape index (κ1) is 16.1. The van der Waals surface area contributed by atoms with Crippen LogP contribution in [-0.2, 0) is 11.3 Å². The summed E-state index contributed by atoms with van der Waals surface area (Å²) in [6.45, 7) is 6.93. The normalized spacial score (nSPS) is 17.9. The molecular weight excluding hydrogens is 308 g/mol. The van der Waals surface area contributed by atoms with Crippen LogP contribution in [0.25, 0.3) is 5.69 Å². The molecule has 1 aliphatic heterocycles. The van der Waals surface area contributed by atoms with Crippen LogP contribution in [0.1, 0.15) is 28.5 Å². The molecule has 0 amide bonds. The van der Waals surface area contributed by atoms with Gasteiger partial charge in [-0.1, -0.05) is 42.0 Å². The van der Waals surface area contributed by atoms with Crippen molar-refractivity contribution in [3.63, 3.8) is 0 Å². The Morgan fingerprint density at radius 3 is 2.60 bits per heavy atom. The first-order chi connectivity index (χ1) is 12.2. The first-order valence-electron chi connectivity index (χ1n) is 8.85. The molecule has 3 aromatic rings. The molecule has 2 aromatic carbocycles. The van der Waals surface area contributed by atoms with Crippen LogP contribution in [0.4, 0.5) is 0 Å². The molecule has 1 fully saturated rings. The Labute approximate surface area is 149 Å². The zero-order valence-electron chi connectivity index (χ0n) is 14.9. The van der Waals surface area contributed by atoms with Crippen LogP contribution in [-0.4, -0.2) is 22.6 Å². The highest BCUT2D eigenvalue weighted by atomic mass is 16.5. The second-order valence-electron chi connectivity index (χ2n) is 6.87. The third-order valence-electron chi connectivity index (χ3n) is 4.75. The monoisotopic (exact) mass is 332 g/mol. The van der Waals surface area contributed by atoms with E-state index in [1.807, 2.05) is 0 Å². The van der Waals surface area contributed by atoms with E-state index in [0.29, 0.717) is 0 Å². The van der Waals surface area contributed by atoms with Gasteiger partial charge in [0.1, 0.15) is 6.23 Å². The zero-order valence-corrected chi connectivity index (χ0v) is 14.9. The van der Waals surface area contributed by atoms with Crippen LogP contribution in [0, 0.1) is 13.8 Å². The molecule has 128 valence electrons. The van der Waals surface area contributed by atoms with Crippen LogP contribution in [0.15, 0.2) is 67.0 Å². The summed E-state index contributed by atoms with van der Waals surface area (Å²) in [6.07, 6.45) is 4.34. The molecule has 1 aromatic heterocycles. The minimum absolute atomic E-state index is 0.0339. The molecule has 0 spiro atoms. The van der Waals surface area contributed by atoms with Crippen molar-refractivity contribution in [2.24, 2.45) is 0 Å². The van der Waals surface area contributed by atoms with Gasteiger partial charge >= 0.3 is 0 Å². The van der Waals surface area contributed by atoms with Crippen LogP contribution in [0.3, 0.4) is 0 Å². The Balaban J connectivity index is 1.54. The van der Waals surface area contributed by atoms with Crippen molar-refractivity contribution in [2.45, 2.75) is 26.6 Å². The Morgan fingerprint density at radius 2 is 1.80 bits per heavy atom. The predicted molar refractivity (Wildman–Crippen MR) is 101 cm³/mol. The van der Waals surface area contributed by atoms with Gasteiger partial charge in [-0.3, -0.25) is 4.90 Å². The SMILES string of the molecule is Cc1cccc(CN2CCO[C@H]2c2ccn(-c3cccc(C)c3)c2)c1. The zero-order chi connectivity index (χ0) is 17.2. The van der Waals surface area contributed by atoms with Gasteiger partial charge < -0.3 is 9.30 Å². The Kier molecular flexibility index (Phi) is 4.43. The lowest BCUT2D eigenvalue weighted by Gasteiger charge is -2.22. The first-order valence-corrected chi connectivity index (χ1v) is 8.85. The second kappa shape index (κ2) is 6.87. The average Bonchev–Trinajstić information content (AvgIpc) is 3.24. The molecule has 2 heterocycles. The fourth-order valence-electron chi connectivity index (χ4n) is 3.53. The highest BCUT2D eigenvalue weighted by Crippen LogP contribution is 2.29. The highest BCUT2D eigenvalue weighted by Gasteiger charge is 2.27. The number of nitrogens with zero attached hydrogens (tertiary/aromatic N) is 2. The molecule has 0 saturated carbocycles. The molecule has 0 aliphatic carbocycles. The molecule has 1 aliphatic rings. The van der Waals surface area contributed by atoms with Crippen molar-refractivity contribution in [1.29, 1.82) is 0 Å². The van der Waals surface area contributed by atoms with Crippen LogP contribution >= 0.6 is 0 Å². The van der Waals surface area contributed by atoms with Gasteiger partial charge in [0.25, 0.3) is 0 Å². The molecular formula is C22H24N2O. The van der Waals surface area contributed by atoms with E-state index in [4.69, 9.17) is 4.74 Å². The third-order valence-corrected chi connectivity index (χ3v) is 4.75. The maximum Gasteiger partial charge on any atom is 0.138 e. The molecule has 0 radical (unpaired) electrons. The van der Waals surface area contributed by atoms with Crippen molar-refractivity contribution in [3.05, 3.63) is 89.2 Å². The maximum atomic E-state index is 6.04. The lowest BCUT2D eigenvalue weighted by atomic mass is 10.1. The van der Waals surface area contributed by atoms with Gasteiger partial charge in [0.05, 0.1) is 6.61 Å². The Bertz CT molecular complexity index is 868. The van der Waals surface area contributed by atoms with Gasteiger partial charge in [0.2, 0.25) is 0 Å². The molecule has 0 N–H and O–H groups in total. The van der Waals surface area contributed by atoms with E-state index in [-0.39, 0.29) is 6.23 Å². The molecule has 3 nitrogen and oxygen atoms in total. The fraction of sp³-hybridized carbons (Fsp3) is 0.273. The van der Waals surface area contributed by atoms with Crippen molar-refractivity contribution < 1.29 is 4.74 Å². The maximum absolute atomic E-state index is 6.04. The number of hydrogen-bond acceptors (Lipinski definition) is 2. The lowest BCUT2D eigenvalue weighted by Crippen LogP contribution is -2.23. The molecule has 25 heavy (non-hydrogen) atoms. The van der Waals surface area contributed by atoms with E-state index >= 15 is 0 Å². The summed E-state index contributed by atoms with van der Waals surface area (Å²) < 4.78 is 8.22. The van der Waals surface area contributed by atoms with Crippen LogP contribution in [0.2, 0.25) is 0 Å². The van der Waals surface area contributed by atoms with Gasteiger partial charge in [-0.05, 0) is 43.2 Å². The Morgan fingerprint density at radius 1 is 1.00 bits per heavy atom. The van der Waals surface area contributed by atoms with Gasteiger partial charge in [0, 0.05) is 36.7 Å². The quantitative estimate of drug-likeness (QED) is 0.693. The van der Waals surface area contributed by atoms with Crippen molar-refractivity contribution >= 4 is 0 Å². The number of aromatic nitrogens is 1. The lowest BCUT2D eigenvalue weighted by molar-refractivity contribution is 0.0288. The summed E-state index contributed by atoms with van der Waals surface area (Å²) in [6, 6.07) is 19.4. The molecule has 3 heteroatoms. The average molecular weight is 332 g/mol. The number of hydrogen-bond donors (Lipinski definition) is 0. The summed E-state index contributed by atoms with van der Waals surface area (Å²) in [5, 5.41) is 0. The van der Waals surface area contributed by atoms with E-state index in [2.05, 4.69) is 90.3 Å². The van der Waals surface area contributed by atoms with Crippen molar-refractivity contribution in [3.8, 4) is 5.69 Å². The predicted octanol–water partition coefficient (Wildman–Crippen LogP) is 4.63. The van der Waals surface area contributed by atoms with Crippen LogP contribution in [0.5, 0.6) is 0 Å². The smallest absolute Gasteiger partial charge is 0.138 e. The van der Waals surface area contributed by atoms with E-state index in [0.717, 1.165) is 19.7 Å². The number of benzene rings is 2. The van der Waals surface area contributed by atoms with Crippen LogP contribution < -0.4 is 0 Å². The summed E-state index contributed by atoms with van der Waals surface area (Å²) in [5.41, 5.74) is 6.32. The summed E-state index contributed by atoms with van der Waals surface area (Å²) in [7, 11) is 0. The standard InChI is InChI=1S/C22H24N2O/c1-17-5-3-7-19(13-17)15-24-11-12-25-22(24)20-9-10-23(16-20)21-8-4-6-18(2)14-21/h3-10,13-14,16,22H,11-12,15H2,1-2H3/t22-/m0/s1. The van der Waals surface area contributed by atoms with Gasteiger partial charge in [-0.2, -0.15) is 0 Å². The molecule has 0 bridgehead atoms. The molecule has 1 saturated heterocycles. The summed E-state index contributed by atoms with van der Waals surface area (Å²) in [5.74, 6) is 0. The minimum Gasteiger partial charge on any atom is -0.357 e. The third kappa shape index (κ3) is 3.53. The summed E-state index contributed by atoms with van der Waals surface area (Å²) in [4.78, 5) is 2.41. The molecule has 1 atom stereocenters. The topological polar surface area (TPSA) is 17.4 Å². The second-order valence-corrected chi connectivity index (χ2v) is 6.87. The van der Waals surface area contributed by atoms with E-state index < -0.39 is 0 Å². The van der Waals surface area contributed by atoms with E-state index in [1.165, 1.54) is 27.9 Å². The highest BCUT2D eigenvalue weighted by molar-refractivity contribution is 5.37. The van der Waals surface area contributed by atoms with Crippen molar-refractivity contribution in [2.75, 3.05) is 13.2 Å². The van der Waals surface area contributed by atoms with E-state index in [1.54, 1.807) is 0 Å². The van der Waals surface area contributed by atoms with Gasteiger partial charge in [-0.15, -0.1) is 0 Å². The summed E-state index contributed by atoms with van der Waals surface area (Å²) >= 11 is 0. The fourth-order valence-corrected chi connectivity index (χ4v) is 3.53. The minimum atomic E-state index is 0.0339. The number of aryl methyl sites for hydroxylation is 2. The van der Waals surface area contributed by atoms with E-state index in [9.17, 15) is 0 Å². The van der Waals surface area contributed by atoms with Gasteiger partial charge in [0.15, 0.2) is 0 Å². The largest absolute Gasteiger partial charge is 0.357 e. The van der Waals surface area contributed by atoms with Gasteiger partial charge in [-0.25, -0.2) is 0 Å². The Hall–Kier alpha value is -2.36.